The first-order valence-electron chi connectivity index (χ1n) is 6.72. The zero-order valence-electron chi connectivity index (χ0n) is 11.6. The summed E-state index contributed by atoms with van der Waals surface area (Å²) in [5, 5.41) is 4.11. The molecular weight excluding hydrogens is 354 g/mol. The van der Waals surface area contributed by atoms with E-state index in [-0.39, 0.29) is 0 Å². The number of fused-ring (bicyclic) bond motifs is 1. The highest BCUT2D eigenvalue weighted by Crippen LogP contribution is 2.38. The molecule has 0 aliphatic carbocycles. The highest BCUT2D eigenvalue weighted by Gasteiger charge is 2.16. The van der Waals surface area contributed by atoms with Crippen molar-refractivity contribution in [3.63, 3.8) is 0 Å². The number of rotatable bonds is 3. The van der Waals surface area contributed by atoms with Gasteiger partial charge < -0.3 is 14.8 Å². The number of anilines is 1. The number of para-hydroxylation sites is 1. The first-order chi connectivity index (χ1) is 10.1. The van der Waals surface area contributed by atoms with E-state index < -0.39 is 0 Å². The molecule has 0 bridgehead atoms. The Hall–Kier alpha value is -1.39. The van der Waals surface area contributed by atoms with E-state index >= 15 is 0 Å². The van der Waals surface area contributed by atoms with Crippen LogP contribution in [0.4, 0.5) is 5.69 Å². The predicted octanol–water partition coefficient (Wildman–Crippen LogP) is 4.79. The lowest BCUT2D eigenvalue weighted by Crippen LogP contribution is -2.16. The summed E-state index contributed by atoms with van der Waals surface area (Å²) >= 11 is 9.76. The fourth-order valence-corrected chi connectivity index (χ4v) is 3.21. The minimum absolute atomic E-state index is 0.583. The van der Waals surface area contributed by atoms with E-state index in [9.17, 15) is 0 Å². The molecule has 0 unspecified atom stereocenters. The summed E-state index contributed by atoms with van der Waals surface area (Å²) < 4.78 is 12.1. The van der Waals surface area contributed by atoms with Gasteiger partial charge in [0.25, 0.3) is 0 Å². The van der Waals surface area contributed by atoms with E-state index in [0.717, 1.165) is 37.8 Å². The number of benzene rings is 2. The van der Waals surface area contributed by atoms with Gasteiger partial charge in [-0.2, -0.15) is 0 Å². The van der Waals surface area contributed by atoms with E-state index in [0.29, 0.717) is 19.8 Å². The van der Waals surface area contributed by atoms with Crippen LogP contribution in [0.3, 0.4) is 0 Å². The van der Waals surface area contributed by atoms with Gasteiger partial charge in [0.1, 0.15) is 13.2 Å². The quantitative estimate of drug-likeness (QED) is 0.844. The van der Waals surface area contributed by atoms with Crippen LogP contribution in [0.5, 0.6) is 11.5 Å². The van der Waals surface area contributed by atoms with Gasteiger partial charge in [-0.3, -0.25) is 0 Å². The molecule has 5 heteroatoms. The van der Waals surface area contributed by atoms with E-state index in [1.165, 1.54) is 0 Å². The normalized spacial score (nSPS) is 13.1. The van der Waals surface area contributed by atoms with Crippen molar-refractivity contribution < 1.29 is 9.47 Å². The monoisotopic (exact) mass is 367 g/mol. The molecule has 1 aliphatic rings. The zero-order valence-corrected chi connectivity index (χ0v) is 13.9. The number of nitrogens with one attached hydrogen (secondary N) is 1. The highest BCUT2D eigenvalue weighted by molar-refractivity contribution is 9.10. The van der Waals surface area contributed by atoms with Gasteiger partial charge in [0.05, 0.1) is 15.2 Å². The Bertz CT molecular complexity index is 655. The molecule has 1 heterocycles. The van der Waals surface area contributed by atoms with Crippen LogP contribution >= 0.6 is 27.5 Å². The van der Waals surface area contributed by atoms with Crippen molar-refractivity contribution in [2.24, 2.45) is 0 Å². The van der Waals surface area contributed by atoms with Crippen LogP contribution in [0.2, 0.25) is 5.02 Å². The fourth-order valence-electron chi connectivity index (χ4n) is 2.31. The standard InChI is InChI=1S/C16H15BrClNO2/c1-10-3-2-4-13(18)15(10)19-9-11-7-12(17)16-14(8-11)20-5-6-21-16/h2-4,7-8,19H,5-6,9H2,1H3. The summed E-state index contributed by atoms with van der Waals surface area (Å²) in [6.45, 7) is 3.87. The van der Waals surface area contributed by atoms with Crippen LogP contribution in [-0.4, -0.2) is 13.2 Å². The summed E-state index contributed by atoms with van der Waals surface area (Å²) in [6.07, 6.45) is 0. The summed E-state index contributed by atoms with van der Waals surface area (Å²) in [5.74, 6) is 1.56. The summed E-state index contributed by atoms with van der Waals surface area (Å²) in [6, 6.07) is 9.90. The molecule has 110 valence electrons. The van der Waals surface area contributed by atoms with Crippen molar-refractivity contribution >= 4 is 33.2 Å². The van der Waals surface area contributed by atoms with Crippen LogP contribution < -0.4 is 14.8 Å². The smallest absolute Gasteiger partial charge is 0.175 e. The van der Waals surface area contributed by atoms with Gasteiger partial charge in [-0.15, -0.1) is 0 Å². The lowest BCUT2D eigenvalue weighted by Gasteiger charge is -2.21. The number of aryl methyl sites for hydroxylation is 1. The molecule has 1 N–H and O–H groups in total. The zero-order chi connectivity index (χ0) is 14.8. The second kappa shape index (κ2) is 6.16. The van der Waals surface area contributed by atoms with Crippen LogP contribution in [0, 0.1) is 6.92 Å². The molecule has 1 aliphatic heterocycles. The average molecular weight is 369 g/mol. The molecule has 0 saturated carbocycles. The topological polar surface area (TPSA) is 30.5 Å². The third-order valence-corrected chi connectivity index (χ3v) is 4.25. The summed E-state index contributed by atoms with van der Waals surface area (Å²) in [5.41, 5.74) is 3.19. The van der Waals surface area contributed by atoms with Crippen molar-refractivity contribution in [2.45, 2.75) is 13.5 Å². The Morgan fingerprint density at radius 1 is 1.24 bits per heavy atom. The van der Waals surface area contributed by atoms with Crippen LogP contribution in [-0.2, 0) is 6.54 Å². The van der Waals surface area contributed by atoms with E-state index in [2.05, 4.69) is 21.2 Å². The first-order valence-corrected chi connectivity index (χ1v) is 7.89. The van der Waals surface area contributed by atoms with Gasteiger partial charge in [0.2, 0.25) is 0 Å². The van der Waals surface area contributed by atoms with E-state index in [1.54, 1.807) is 0 Å². The second-order valence-corrected chi connectivity index (χ2v) is 6.15. The molecule has 3 nitrogen and oxygen atoms in total. The van der Waals surface area contributed by atoms with Gasteiger partial charge in [-0.1, -0.05) is 23.7 Å². The molecule has 2 aromatic rings. The lowest BCUT2D eigenvalue weighted by atomic mass is 10.1. The van der Waals surface area contributed by atoms with Gasteiger partial charge in [-0.25, -0.2) is 0 Å². The molecule has 0 amide bonds. The number of hydrogen-bond donors (Lipinski definition) is 1. The molecule has 21 heavy (non-hydrogen) atoms. The molecule has 0 fully saturated rings. The Morgan fingerprint density at radius 3 is 2.86 bits per heavy atom. The fraction of sp³-hybridized carbons (Fsp3) is 0.250. The van der Waals surface area contributed by atoms with Crippen LogP contribution in [0.1, 0.15) is 11.1 Å². The lowest BCUT2D eigenvalue weighted by molar-refractivity contribution is 0.170. The molecule has 2 aromatic carbocycles. The van der Waals surface area contributed by atoms with Crippen LogP contribution in [0.25, 0.3) is 0 Å². The maximum atomic E-state index is 6.23. The summed E-state index contributed by atoms with van der Waals surface area (Å²) in [7, 11) is 0. The first kappa shape index (κ1) is 14.5. The maximum Gasteiger partial charge on any atom is 0.175 e. The Morgan fingerprint density at radius 2 is 2.05 bits per heavy atom. The van der Waals surface area contributed by atoms with Gasteiger partial charge in [0.15, 0.2) is 11.5 Å². The second-order valence-electron chi connectivity index (χ2n) is 4.89. The molecule has 0 saturated heterocycles. The minimum atomic E-state index is 0.583. The van der Waals surface area contributed by atoms with Crippen molar-refractivity contribution in [1.29, 1.82) is 0 Å². The molecule has 0 spiro atoms. The third-order valence-electron chi connectivity index (χ3n) is 3.35. The molecule has 0 atom stereocenters. The number of hydrogen-bond acceptors (Lipinski definition) is 3. The van der Waals surface area contributed by atoms with Gasteiger partial charge in [0, 0.05) is 6.54 Å². The minimum Gasteiger partial charge on any atom is -0.486 e. The number of ether oxygens (including phenoxy) is 2. The van der Waals surface area contributed by atoms with Crippen LogP contribution in [0.15, 0.2) is 34.8 Å². The van der Waals surface area contributed by atoms with Gasteiger partial charge in [-0.05, 0) is 52.2 Å². The number of halogens is 2. The van der Waals surface area contributed by atoms with Crippen molar-refractivity contribution in [3.05, 3.63) is 51.0 Å². The van der Waals surface area contributed by atoms with Crippen molar-refractivity contribution in [2.75, 3.05) is 18.5 Å². The average Bonchev–Trinajstić information content (AvgIpc) is 2.47. The highest BCUT2D eigenvalue weighted by atomic mass is 79.9. The van der Waals surface area contributed by atoms with Crippen molar-refractivity contribution in [1.82, 2.24) is 0 Å². The molecular formula is C16H15BrClNO2. The SMILES string of the molecule is Cc1cccc(Cl)c1NCc1cc(Br)c2c(c1)OCCO2. The Kier molecular flexibility index (Phi) is 4.27. The van der Waals surface area contributed by atoms with Gasteiger partial charge >= 0.3 is 0 Å². The molecule has 3 rings (SSSR count). The Balaban J connectivity index is 1.81. The maximum absolute atomic E-state index is 6.23. The predicted molar refractivity (Wildman–Crippen MR) is 88.6 cm³/mol. The van der Waals surface area contributed by atoms with E-state index in [1.807, 2.05) is 37.3 Å². The van der Waals surface area contributed by atoms with Crippen molar-refractivity contribution in [3.8, 4) is 11.5 Å². The molecule has 0 aromatic heterocycles. The Labute approximate surface area is 137 Å². The molecule has 0 radical (unpaired) electrons. The largest absolute Gasteiger partial charge is 0.486 e. The van der Waals surface area contributed by atoms with E-state index in [4.69, 9.17) is 21.1 Å². The third kappa shape index (κ3) is 3.11. The summed E-state index contributed by atoms with van der Waals surface area (Å²) in [4.78, 5) is 0.